The van der Waals surface area contributed by atoms with Crippen molar-refractivity contribution in [2.45, 2.75) is 64.2 Å². The van der Waals surface area contributed by atoms with Gasteiger partial charge in [-0.25, -0.2) is 0 Å². The SMILES string of the molecule is ClC[SiH2]OCC(C1CCCCC1)C1CCCCC1. The van der Waals surface area contributed by atoms with Crippen molar-refractivity contribution >= 4 is 21.4 Å². The summed E-state index contributed by atoms with van der Waals surface area (Å²) >= 11 is 5.79. The van der Waals surface area contributed by atoms with E-state index in [1.54, 1.807) is 0 Å². The maximum Gasteiger partial charge on any atom is 0.176 e. The molecule has 0 spiro atoms. The molecule has 0 unspecified atom stereocenters. The summed E-state index contributed by atoms with van der Waals surface area (Å²) in [6.45, 7) is 1.04. The fourth-order valence-corrected chi connectivity index (χ4v) is 4.93. The van der Waals surface area contributed by atoms with E-state index in [-0.39, 0.29) is 0 Å². The molecule has 2 fully saturated rings. The highest BCUT2D eigenvalue weighted by atomic mass is 35.5. The van der Waals surface area contributed by atoms with Gasteiger partial charge in [-0.15, -0.1) is 11.6 Å². The topological polar surface area (TPSA) is 9.23 Å². The lowest BCUT2D eigenvalue weighted by Crippen LogP contribution is -2.31. The Kier molecular flexibility index (Phi) is 7.10. The van der Waals surface area contributed by atoms with Crippen LogP contribution in [0.5, 0.6) is 0 Å². The predicted molar refractivity (Wildman–Crippen MR) is 81.9 cm³/mol. The van der Waals surface area contributed by atoms with Gasteiger partial charge in [0.1, 0.15) is 0 Å². The third kappa shape index (κ3) is 4.54. The molecule has 3 heteroatoms. The number of alkyl halides is 1. The van der Waals surface area contributed by atoms with Crippen LogP contribution in [0, 0.1) is 17.8 Å². The Hall–Kier alpha value is 0.467. The first-order valence-corrected chi connectivity index (χ1v) is 10.2. The first kappa shape index (κ1) is 14.9. The Balaban J connectivity index is 1.87. The fraction of sp³-hybridized carbons (Fsp3) is 1.00. The summed E-state index contributed by atoms with van der Waals surface area (Å²) < 4.78 is 5.96. The summed E-state index contributed by atoms with van der Waals surface area (Å²) in [5, 5.41) is 0. The van der Waals surface area contributed by atoms with Crippen molar-refractivity contribution in [3.05, 3.63) is 0 Å². The molecular weight excluding hydrogens is 260 g/mol. The molecular formula is C15H29ClOSi. The molecule has 0 radical (unpaired) electrons. The zero-order chi connectivity index (χ0) is 12.6. The van der Waals surface area contributed by atoms with Gasteiger partial charge in [-0.1, -0.05) is 64.2 Å². The maximum atomic E-state index is 5.96. The van der Waals surface area contributed by atoms with Crippen LogP contribution in [0.15, 0.2) is 0 Å². The van der Waals surface area contributed by atoms with Gasteiger partial charge in [0.2, 0.25) is 0 Å². The van der Waals surface area contributed by atoms with E-state index < -0.39 is 9.76 Å². The van der Waals surface area contributed by atoms with Crippen LogP contribution >= 0.6 is 11.6 Å². The van der Waals surface area contributed by atoms with E-state index in [0.29, 0.717) is 0 Å². The Morgan fingerprint density at radius 2 is 1.39 bits per heavy atom. The molecule has 106 valence electrons. The number of hydrogen-bond acceptors (Lipinski definition) is 1. The summed E-state index contributed by atoms with van der Waals surface area (Å²) in [6.07, 6.45) is 14.6. The zero-order valence-corrected chi connectivity index (χ0v) is 13.9. The van der Waals surface area contributed by atoms with Crippen molar-refractivity contribution in [2.24, 2.45) is 17.8 Å². The van der Waals surface area contributed by atoms with Gasteiger partial charge in [0.05, 0.1) is 0 Å². The number of rotatable bonds is 6. The van der Waals surface area contributed by atoms with E-state index in [2.05, 4.69) is 0 Å². The minimum atomic E-state index is -0.427. The molecule has 2 rings (SSSR count). The molecule has 0 aromatic heterocycles. The third-order valence-corrected chi connectivity index (χ3v) is 6.18. The van der Waals surface area contributed by atoms with Gasteiger partial charge in [-0.05, 0) is 17.8 Å². The van der Waals surface area contributed by atoms with Gasteiger partial charge in [0, 0.05) is 12.1 Å². The summed E-state index contributed by atoms with van der Waals surface area (Å²) in [7, 11) is -0.427. The van der Waals surface area contributed by atoms with E-state index in [9.17, 15) is 0 Å². The molecule has 0 amide bonds. The van der Waals surface area contributed by atoms with Gasteiger partial charge in [-0.2, -0.15) is 0 Å². The van der Waals surface area contributed by atoms with Gasteiger partial charge >= 0.3 is 0 Å². The van der Waals surface area contributed by atoms with E-state index in [0.717, 1.165) is 29.9 Å². The molecule has 0 bridgehead atoms. The van der Waals surface area contributed by atoms with Crippen LogP contribution in [0.25, 0.3) is 0 Å². The highest BCUT2D eigenvalue weighted by Gasteiger charge is 2.31. The van der Waals surface area contributed by atoms with Gasteiger partial charge < -0.3 is 4.43 Å². The smallest absolute Gasteiger partial charge is 0.176 e. The van der Waals surface area contributed by atoms with Crippen LogP contribution in [0.3, 0.4) is 0 Å². The largest absolute Gasteiger partial charge is 0.422 e. The molecule has 0 heterocycles. The number of halogens is 1. The highest BCUT2D eigenvalue weighted by molar-refractivity contribution is 6.45. The third-order valence-electron chi connectivity index (χ3n) is 5.04. The van der Waals surface area contributed by atoms with Gasteiger partial charge in [0.15, 0.2) is 9.76 Å². The average Bonchev–Trinajstić information content (AvgIpc) is 2.46. The van der Waals surface area contributed by atoms with Crippen molar-refractivity contribution in [3.8, 4) is 0 Å². The summed E-state index contributed by atoms with van der Waals surface area (Å²) in [6, 6.07) is 0. The first-order valence-electron chi connectivity index (χ1n) is 8.05. The molecule has 1 nitrogen and oxygen atoms in total. The molecule has 0 N–H and O–H groups in total. The lowest BCUT2D eigenvalue weighted by molar-refractivity contribution is 0.0914. The molecule has 0 aliphatic heterocycles. The lowest BCUT2D eigenvalue weighted by atomic mass is 9.70. The average molecular weight is 289 g/mol. The molecule has 0 aromatic rings. The first-order chi connectivity index (χ1) is 8.92. The number of hydrogen-bond donors (Lipinski definition) is 0. The molecule has 2 aliphatic rings. The van der Waals surface area contributed by atoms with E-state index in [1.807, 2.05) is 0 Å². The van der Waals surface area contributed by atoms with Crippen LogP contribution in [-0.4, -0.2) is 21.9 Å². The van der Waals surface area contributed by atoms with Crippen molar-refractivity contribution in [3.63, 3.8) is 0 Å². The van der Waals surface area contributed by atoms with E-state index in [1.165, 1.54) is 64.2 Å². The van der Waals surface area contributed by atoms with Crippen molar-refractivity contribution in [1.82, 2.24) is 0 Å². The molecule has 0 aromatic carbocycles. The summed E-state index contributed by atoms with van der Waals surface area (Å²) in [5.74, 6) is 2.79. The molecule has 18 heavy (non-hydrogen) atoms. The summed E-state index contributed by atoms with van der Waals surface area (Å²) in [5.41, 5.74) is 0.780. The second-order valence-electron chi connectivity index (χ2n) is 6.22. The summed E-state index contributed by atoms with van der Waals surface area (Å²) in [4.78, 5) is 0. The van der Waals surface area contributed by atoms with Crippen LogP contribution < -0.4 is 0 Å². The van der Waals surface area contributed by atoms with Gasteiger partial charge in [-0.3, -0.25) is 0 Å². The minimum absolute atomic E-state index is 0.427. The normalized spacial score (nSPS) is 24.3. The van der Waals surface area contributed by atoms with Crippen molar-refractivity contribution < 1.29 is 4.43 Å². The van der Waals surface area contributed by atoms with Crippen molar-refractivity contribution in [1.29, 1.82) is 0 Å². The standard InChI is InChI=1S/C15H29ClOSi/c16-12-18-17-11-15(13-7-3-1-4-8-13)14-9-5-2-6-10-14/h13-15H,1-12,18H2. The molecule has 0 saturated heterocycles. The fourth-order valence-electron chi connectivity index (χ4n) is 4.06. The Labute approximate surface area is 120 Å². The second-order valence-corrected chi connectivity index (χ2v) is 8.55. The van der Waals surface area contributed by atoms with Crippen molar-refractivity contribution in [2.75, 3.05) is 12.1 Å². The predicted octanol–water partition coefficient (Wildman–Crippen LogP) is 4.06. The highest BCUT2D eigenvalue weighted by Crippen LogP contribution is 2.39. The molecule has 2 aliphatic carbocycles. The lowest BCUT2D eigenvalue weighted by Gasteiger charge is -2.37. The van der Waals surface area contributed by atoms with Crippen LogP contribution in [0.1, 0.15) is 64.2 Å². The quantitative estimate of drug-likeness (QED) is 0.407. The zero-order valence-electron chi connectivity index (χ0n) is 11.7. The molecule has 0 atom stereocenters. The minimum Gasteiger partial charge on any atom is -0.422 e. The Bertz CT molecular complexity index is 195. The van der Waals surface area contributed by atoms with Crippen LogP contribution in [0.4, 0.5) is 0 Å². The Morgan fingerprint density at radius 3 is 1.83 bits per heavy atom. The Morgan fingerprint density at radius 1 is 0.889 bits per heavy atom. The monoisotopic (exact) mass is 288 g/mol. The van der Waals surface area contributed by atoms with Gasteiger partial charge in [0.25, 0.3) is 0 Å². The molecule has 2 saturated carbocycles. The van der Waals surface area contributed by atoms with Crippen LogP contribution in [-0.2, 0) is 4.43 Å². The van der Waals surface area contributed by atoms with Crippen LogP contribution in [0.2, 0.25) is 0 Å². The second kappa shape index (κ2) is 8.60. The maximum absolute atomic E-state index is 5.96. The van der Waals surface area contributed by atoms with E-state index in [4.69, 9.17) is 16.0 Å². The van der Waals surface area contributed by atoms with E-state index >= 15 is 0 Å².